The number of rotatable bonds is 0. The first-order valence-electron chi connectivity index (χ1n) is 10.2. The van der Waals surface area contributed by atoms with Crippen molar-refractivity contribution in [3.63, 3.8) is 0 Å². The molecule has 1 N–H and O–H groups in total. The van der Waals surface area contributed by atoms with Crippen LogP contribution >= 0.6 is 15.9 Å². The molecule has 2 spiro atoms. The van der Waals surface area contributed by atoms with Crippen LogP contribution in [0.4, 0.5) is 4.79 Å². The van der Waals surface area contributed by atoms with Crippen molar-refractivity contribution in [2.24, 2.45) is 10.4 Å². The first-order valence-corrected chi connectivity index (χ1v) is 11.0. The van der Waals surface area contributed by atoms with E-state index in [-0.39, 0.29) is 17.3 Å². The molecule has 29 heavy (non-hydrogen) atoms. The second-order valence-electron chi connectivity index (χ2n) is 9.46. The first-order chi connectivity index (χ1) is 13.6. The van der Waals surface area contributed by atoms with Crippen molar-refractivity contribution < 1.29 is 14.3 Å². The third-order valence-electron chi connectivity index (χ3n) is 6.39. The number of halogens is 1. The Balaban J connectivity index is 1.80. The molecule has 4 rings (SSSR count). The van der Waals surface area contributed by atoms with Crippen molar-refractivity contribution in [3.05, 3.63) is 33.8 Å². The summed E-state index contributed by atoms with van der Waals surface area (Å²) in [6.07, 6.45) is 5.55. The zero-order valence-electron chi connectivity index (χ0n) is 17.5. The standard InChI is InChI=1S/C22H28BrN3O3/c1-20(2,3)29-19(28)24-18-25-22(17(27)26(18)4)16-12-15(23)9-8-14(16)13-21(22)10-6-5-7-11-21/h8-9,12H,5-7,10-11,13H2,1-4H3,(H,24,25,28). The SMILES string of the molecule is CN1C(=O)C2(N=C1NC(=O)OC(C)(C)C)c1cc(Br)ccc1CC21CCCCC1. The van der Waals surface area contributed by atoms with Gasteiger partial charge < -0.3 is 4.74 Å². The third-order valence-corrected chi connectivity index (χ3v) is 6.88. The zero-order valence-corrected chi connectivity index (χ0v) is 19.1. The molecule has 1 saturated carbocycles. The Morgan fingerprint density at radius 2 is 1.93 bits per heavy atom. The summed E-state index contributed by atoms with van der Waals surface area (Å²) in [7, 11) is 1.68. The summed E-state index contributed by atoms with van der Waals surface area (Å²) >= 11 is 3.57. The summed E-state index contributed by atoms with van der Waals surface area (Å²) in [5, 5.41) is 2.72. The molecule has 0 saturated heterocycles. The smallest absolute Gasteiger partial charge is 0.414 e. The zero-order chi connectivity index (χ0) is 21.0. The number of hydrogen-bond acceptors (Lipinski definition) is 4. The number of aliphatic imine (C=N–C) groups is 1. The van der Waals surface area contributed by atoms with Gasteiger partial charge in [0.2, 0.25) is 5.96 Å². The number of hydrogen-bond donors (Lipinski definition) is 1. The molecule has 6 nitrogen and oxygen atoms in total. The van der Waals surface area contributed by atoms with Crippen LogP contribution in [-0.4, -0.2) is 35.5 Å². The lowest BCUT2D eigenvalue weighted by Gasteiger charge is -2.43. The number of guanidine groups is 1. The monoisotopic (exact) mass is 461 g/mol. The molecule has 1 unspecified atom stereocenters. The average molecular weight is 462 g/mol. The molecule has 1 aromatic carbocycles. The topological polar surface area (TPSA) is 71.0 Å². The predicted molar refractivity (Wildman–Crippen MR) is 115 cm³/mol. The maximum atomic E-state index is 13.8. The summed E-state index contributed by atoms with van der Waals surface area (Å²) in [6.45, 7) is 5.42. The fourth-order valence-electron chi connectivity index (χ4n) is 5.23. The van der Waals surface area contributed by atoms with Crippen LogP contribution in [0.15, 0.2) is 27.7 Å². The predicted octanol–water partition coefficient (Wildman–Crippen LogP) is 4.50. The molecule has 1 fully saturated rings. The van der Waals surface area contributed by atoms with Crippen LogP contribution in [0.1, 0.15) is 64.0 Å². The largest absolute Gasteiger partial charge is 0.444 e. The lowest BCUT2D eigenvalue weighted by Crippen LogP contribution is -2.50. The highest BCUT2D eigenvalue weighted by Crippen LogP contribution is 2.61. The number of amides is 2. The lowest BCUT2D eigenvalue weighted by atomic mass is 9.62. The van der Waals surface area contributed by atoms with E-state index in [4.69, 9.17) is 9.73 Å². The van der Waals surface area contributed by atoms with E-state index in [0.29, 0.717) is 0 Å². The Morgan fingerprint density at radius 3 is 2.59 bits per heavy atom. The molecule has 2 amide bonds. The van der Waals surface area contributed by atoms with Gasteiger partial charge in [-0.25, -0.2) is 9.79 Å². The van der Waals surface area contributed by atoms with Gasteiger partial charge in [0.05, 0.1) is 0 Å². The summed E-state index contributed by atoms with van der Waals surface area (Å²) in [4.78, 5) is 32.6. The fraction of sp³-hybridized carbons (Fsp3) is 0.591. The highest BCUT2D eigenvalue weighted by Gasteiger charge is 2.66. The van der Waals surface area contributed by atoms with Gasteiger partial charge >= 0.3 is 6.09 Å². The number of nitrogens with zero attached hydrogens (tertiary/aromatic N) is 2. The lowest BCUT2D eigenvalue weighted by molar-refractivity contribution is -0.136. The number of fused-ring (bicyclic) bond motifs is 3. The van der Waals surface area contributed by atoms with E-state index in [2.05, 4.69) is 27.3 Å². The Kier molecular flexibility index (Phi) is 4.80. The van der Waals surface area contributed by atoms with Gasteiger partial charge in [-0.3, -0.25) is 15.0 Å². The number of ether oxygens (including phenoxy) is 1. The van der Waals surface area contributed by atoms with Crippen LogP contribution in [0.5, 0.6) is 0 Å². The van der Waals surface area contributed by atoms with Gasteiger partial charge in [-0.15, -0.1) is 0 Å². The second-order valence-corrected chi connectivity index (χ2v) is 10.4. The van der Waals surface area contributed by atoms with Crippen LogP contribution in [0.3, 0.4) is 0 Å². The van der Waals surface area contributed by atoms with E-state index in [1.54, 1.807) is 27.8 Å². The molecule has 3 aliphatic rings. The van der Waals surface area contributed by atoms with E-state index in [1.165, 1.54) is 16.9 Å². The van der Waals surface area contributed by atoms with Crippen LogP contribution < -0.4 is 5.32 Å². The van der Waals surface area contributed by atoms with E-state index >= 15 is 0 Å². The highest BCUT2D eigenvalue weighted by atomic mass is 79.9. The van der Waals surface area contributed by atoms with Crippen LogP contribution in [0.2, 0.25) is 0 Å². The quantitative estimate of drug-likeness (QED) is 0.617. The van der Waals surface area contributed by atoms with Crippen LogP contribution in [0.25, 0.3) is 0 Å². The minimum Gasteiger partial charge on any atom is -0.444 e. The molecule has 1 atom stereocenters. The summed E-state index contributed by atoms with van der Waals surface area (Å²) in [6, 6.07) is 6.16. The molecular weight excluding hydrogens is 434 g/mol. The second kappa shape index (κ2) is 6.83. The maximum absolute atomic E-state index is 13.8. The van der Waals surface area contributed by atoms with Crippen molar-refractivity contribution in [2.75, 3.05) is 7.05 Å². The molecule has 7 heteroatoms. The minimum absolute atomic E-state index is 0.0673. The Labute approximate surface area is 180 Å². The van der Waals surface area contributed by atoms with Crippen molar-refractivity contribution in [2.45, 2.75) is 70.4 Å². The molecule has 156 valence electrons. The van der Waals surface area contributed by atoms with Crippen molar-refractivity contribution in [3.8, 4) is 0 Å². The molecule has 1 aromatic rings. The first kappa shape index (κ1) is 20.4. The van der Waals surface area contributed by atoms with Crippen molar-refractivity contribution in [1.29, 1.82) is 0 Å². The van der Waals surface area contributed by atoms with E-state index in [9.17, 15) is 9.59 Å². The van der Waals surface area contributed by atoms with Gasteiger partial charge in [-0.1, -0.05) is 41.3 Å². The summed E-state index contributed by atoms with van der Waals surface area (Å²) in [5.41, 5.74) is 0.299. The Hall–Kier alpha value is -1.89. The van der Waals surface area contributed by atoms with E-state index in [1.807, 2.05) is 12.1 Å². The third kappa shape index (κ3) is 3.18. The number of benzene rings is 1. The van der Waals surface area contributed by atoms with Crippen molar-refractivity contribution >= 4 is 33.9 Å². The normalized spacial score (nSPS) is 25.3. The summed E-state index contributed by atoms with van der Waals surface area (Å²) in [5.74, 6) is 0.198. The molecule has 2 aliphatic carbocycles. The van der Waals surface area contributed by atoms with Crippen LogP contribution in [-0.2, 0) is 21.5 Å². The number of nitrogens with one attached hydrogen (secondary N) is 1. The number of carbonyl (C=O) groups is 2. The van der Waals surface area contributed by atoms with Gasteiger partial charge in [0, 0.05) is 16.9 Å². The summed E-state index contributed by atoms with van der Waals surface area (Å²) < 4.78 is 6.32. The average Bonchev–Trinajstić information content (AvgIpc) is 3.02. The molecule has 0 bridgehead atoms. The molecular formula is C22H28BrN3O3. The van der Waals surface area contributed by atoms with Gasteiger partial charge in [-0.2, -0.15) is 0 Å². The highest BCUT2D eigenvalue weighted by molar-refractivity contribution is 9.10. The molecule has 0 aromatic heterocycles. The van der Waals surface area contributed by atoms with Gasteiger partial charge in [0.15, 0.2) is 5.54 Å². The maximum Gasteiger partial charge on any atom is 0.414 e. The molecule has 0 radical (unpaired) electrons. The van der Waals surface area contributed by atoms with Gasteiger partial charge in [-0.05, 0) is 63.3 Å². The fourth-order valence-corrected chi connectivity index (χ4v) is 5.59. The van der Waals surface area contributed by atoms with E-state index < -0.39 is 17.2 Å². The molecule has 1 aliphatic heterocycles. The molecule has 1 heterocycles. The van der Waals surface area contributed by atoms with E-state index in [0.717, 1.165) is 42.1 Å². The number of likely N-dealkylation sites (N-methyl/N-ethyl adjacent to an activating group) is 1. The number of alkyl carbamates (subject to hydrolysis) is 1. The minimum atomic E-state index is -0.981. The van der Waals surface area contributed by atoms with Gasteiger partial charge in [0.1, 0.15) is 5.60 Å². The van der Waals surface area contributed by atoms with Crippen molar-refractivity contribution in [1.82, 2.24) is 10.2 Å². The van der Waals surface area contributed by atoms with Gasteiger partial charge in [0.25, 0.3) is 5.91 Å². The van der Waals surface area contributed by atoms with Crippen LogP contribution in [0, 0.1) is 5.41 Å². The number of carbonyl (C=O) groups excluding carboxylic acids is 2. The Bertz CT molecular complexity index is 899. The Morgan fingerprint density at radius 1 is 1.24 bits per heavy atom.